The Hall–Kier alpha value is -2.30. The summed E-state index contributed by atoms with van der Waals surface area (Å²) < 4.78 is 27.0. The lowest BCUT2D eigenvalue weighted by Crippen LogP contribution is -2.15. The average molecular weight is 321 g/mol. The molecule has 1 aromatic carbocycles. The summed E-state index contributed by atoms with van der Waals surface area (Å²) in [6.07, 6.45) is 5.22. The number of carboxylic acid groups (broad SMARTS) is 1. The van der Waals surface area contributed by atoms with Gasteiger partial charge in [0.25, 0.3) is 10.0 Å². The van der Waals surface area contributed by atoms with Crippen molar-refractivity contribution in [1.82, 2.24) is 0 Å². The number of aromatic carboxylic acids is 1. The first-order valence-electron chi connectivity index (χ1n) is 5.77. The van der Waals surface area contributed by atoms with Crippen LogP contribution in [-0.2, 0) is 10.0 Å². The van der Waals surface area contributed by atoms with Crippen LogP contribution in [0.25, 0.3) is 0 Å². The Morgan fingerprint density at radius 1 is 1.38 bits per heavy atom. The molecule has 1 aromatic heterocycles. The molecule has 5 nitrogen and oxygen atoms in total. The van der Waals surface area contributed by atoms with Crippen LogP contribution in [0.5, 0.6) is 0 Å². The van der Waals surface area contributed by atoms with Gasteiger partial charge in [0.05, 0.1) is 15.5 Å². The third-order valence-corrected chi connectivity index (χ3v) is 5.28. The van der Waals surface area contributed by atoms with Crippen molar-refractivity contribution in [1.29, 1.82) is 0 Å². The standard InChI is InChI=1S/C14H11NO4S2/c1-3-10-8-11(13(20-10)14(16)17)15-21(18,19)12-7-5-4-6-9(12)2/h1,4-8,15H,2H3,(H,16,17). The molecule has 0 atom stereocenters. The Kier molecular flexibility index (Phi) is 4.02. The van der Waals surface area contributed by atoms with Crippen molar-refractivity contribution in [3.05, 3.63) is 45.6 Å². The number of aryl methyl sites for hydroxylation is 1. The third kappa shape index (κ3) is 3.07. The molecule has 2 rings (SSSR count). The first kappa shape index (κ1) is 15.1. The van der Waals surface area contributed by atoms with Gasteiger partial charge in [0.2, 0.25) is 0 Å². The van der Waals surface area contributed by atoms with E-state index in [9.17, 15) is 13.2 Å². The van der Waals surface area contributed by atoms with Gasteiger partial charge < -0.3 is 5.11 Å². The lowest BCUT2D eigenvalue weighted by Gasteiger charge is -2.09. The number of carboxylic acids is 1. The number of nitrogens with one attached hydrogen (secondary N) is 1. The Bertz CT molecular complexity index is 844. The highest BCUT2D eigenvalue weighted by Crippen LogP contribution is 2.29. The molecule has 0 bridgehead atoms. The zero-order valence-corrected chi connectivity index (χ0v) is 12.6. The highest BCUT2D eigenvalue weighted by atomic mass is 32.2. The molecule has 0 aliphatic rings. The Morgan fingerprint density at radius 2 is 2.05 bits per heavy atom. The van der Waals surface area contributed by atoms with Crippen molar-refractivity contribution in [2.75, 3.05) is 4.72 Å². The van der Waals surface area contributed by atoms with E-state index >= 15 is 0 Å². The maximum Gasteiger partial charge on any atom is 0.348 e. The number of hydrogen-bond acceptors (Lipinski definition) is 4. The Labute approximate surface area is 126 Å². The summed E-state index contributed by atoms with van der Waals surface area (Å²) in [6.45, 7) is 1.66. The van der Waals surface area contributed by atoms with Crippen molar-refractivity contribution in [3.63, 3.8) is 0 Å². The summed E-state index contributed by atoms with van der Waals surface area (Å²) in [5.41, 5.74) is 0.540. The quantitative estimate of drug-likeness (QED) is 0.848. The van der Waals surface area contributed by atoms with Crippen molar-refractivity contribution in [2.24, 2.45) is 0 Å². The molecule has 0 amide bonds. The minimum absolute atomic E-state index is 0.0243. The van der Waals surface area contributed by atoms with Crippen LogP contribution in [-0.4, -0.2) is 19.5 Å². The fourth-order valence-electron chi connectivity index (χ4n) is 1.75. The van der Waals surface area contributed by atoms with E-state index in [2.05, 4.69) is 10.6 Å². The van der Waals surface area contributed by atoms with E-state index in [1.165, 1.54) is 12.1 Å². The van der Waals surface area contributed by atoms with Gasteiger partial charge in [-0.05, 0) is 24.6 Å². The molecular formula is C14H11NO4S2. The van der Waals surface area contributed by atoms with Gasteiger partial charge in [-0.1, -0.05) is 24.1 Å². The summed E-state index contributed by atoms with van der Waals surface area (Å²) >= 11 is 0.845. The smallest absolute Gasteiger partial charge is 0.348 e. The molecule has 2 N–H and O–H groups in total. The van der Waals surface area contributed by atoms with Crippen LogP contribution in [0.2, 0.25) is 0 Å². The van der Waals surface area contributed by atoms with E-state index in [1.54, 1.807) is 25.1 Å². The minimum Gasteiger partial charge on any atom is -0.477 e. The van der Waals surface area contributed by atoms with Gasteiger partial charge in [-0.2, -0.15) is 0 Å². The van der Waals surface area contributed by atoms with Crippen molar-refractivity contribution in [2.45, 2.75) is 11.8 Å². The molecule has 0 saturated carbocycles. The van der Waals surface area contributed by atoms with Crippen LogP contribution < -0.4 is 4.72 Å². The molecule has 21 heavy (non-hydrogen) atoms. The van der Waals surface area contributed by atoms with Crippen molar-refractivity contribution >= 4 is 33.0 Å². The molecule has 0 spiro atoms. The number of benzene rings is 1. The van der Waals surface area contributed by atoms with E-state index in [1.807, 2.05) is 0 Å². The van der Waals surface area contributed by atoms with Crippen LogP contribution in [0.4, 0.5) is 5.69 Å². The zero-order valence-electron chi connectivity index (χ0n) is 11.0. The van der Waals surface area contributed by atoms with E-state index in [0.717, 1.165) is 11.3 Å². The monoisotopic (exact) mass is 321 g/mol. The van der Waals surface area contributed by atoms with Crippen LogP contribution in [0.3, 0.4) is 0 Å². The summed E-state index contributed by atoms with van der Waals surface area (Å²) in [7, 11) is -3.87. The molecule has 108 valence electrons. The molecule has 0 fully saturated rings. The third-order valence-electron chi connectivity index (χ3n) is 2.70. The SMILES string of the molecule is C#Cc1cc(NS(=O)(=O)c2ccccc2C)c(C(=O)O)s1. The van der Waals surface area contributed by atoms with E-state index in [4.69, 9.17) is 11.5 Å². The number of thiophene rings is 1. The molecule has 7 heteroatoms. The van der Waals surface area contributed by atoms with Gasteiger partial charge in [0.15, 0.2) is 0 Å². The molecule has 0 radical (unpaired) electrons. The molecule has 0 unspecified atom stereocenters. The number of anilines is 1. The van der Waals surface area contributed by atoms with Gasteiger partial charge >= 0.3 is 5.97 Å². The first-order chi connectivity index (χ1) is 9.85. The number of sulfonamides is 1. The molecule has 0 aliphatic heterocycles. The summed E-state index contributed by atoms with van der Waals surface area (Å²) in [5.74, 6) is 1.07. The normalized spacial score (nSPS) is 10.9. The van der Waals surface area contributed by atoms with E-state index in [0.29, 0.717) is 10.4 Å². The zero-order chi connectivity index (χ0) is 15.6. The second-order valence-corrected chi connectivity index (χ2v) is 6.88. The lowest BCUT2D eigenvalue weighted by molar-refractivity contribution is 0.0703. The van der Waals surface area contributed by atoms with Gasteiger partial charge in [-0.25, -0.2) is 13.2 Å². The van der Waals surface area contributed by atoms with Crippen molar-refractivity contribution in [3.8, 4) is 12.3 Å². The average Bonchev–Trinajstić information content (AvgIpc) is 2.81. The van der Waals surface area contributed by atoms with E-state index < -0.39 is 16.0 Å². The summed E-state index contributed by atoms with van der Waals surface area (Å²) in [6, 6.07) is 7.77. The van der Waals surface area contributed by atoms with Gasteiger partial charge in [0.1, 0.15) is 4.88 Å². The predicted octanol–water partition coefficient (Wildman–Crippen LogP) is 2.54. The molecule has 0 saturated heterocycles. The van der Waals surface area contributed by atoms with Crippen LogP contribution in [0, 0.1) is 19.3 Å². The fraction of sp³-hybridized carbons (Fsp3) is 0.0714. The highest BCUT2D eigenvalue weighted by Gasteiger charge is 2.22. The van der Waals surface area contributed by atoms with E-state index in [-0.39, 0.29) is 15.5 Å². The van der Waals surface area contributed by atoms with Gasteiger partial charge in [-0.3, -0.25) is 4.72 Å². The number of hydrogen-bond donors (Lipinski definition) is 2. The number of rotatable bonds is 4. The molecular weight excluding hydrogens is 310 g/mol. The second-order valence-electron chi connectivity index (χ2n) is 4.17. The fourth-order valence-corrected chi connectivity index (χ4v) is 3.89. The first-order valence-corrected chi connectivity index (χ1v) is 8.07. The Balaban J connectivity index is 2.47. The minimum atomic E-state index is -3.87. The van der Waals surface area contributed by atoms with Gasteiger partial charge in [0, 0.05) is 0 Å². The van der Waals surface area contributed by atoms with Gasteiger partial charge in [-0.15, -0.1) is 17.8 Å². The van der Waals surface area contributed by atoms with Crippen LogP contribution in [0.1, 0.15) is 20.1 Å². The molecule has 1 heterocycles. The summed E-state index contributed by atoms with van der Waals surface area (Å²) in [4.78, 5) is 11.4. The maximum absolute atomic E-state index is 12.3. The maximum atomic E-state index is 12.3. The molecule has 2 aromatic rings. The predicted molar refractivity (Wildman–Crippen MR) is 81.2 cm³/mol. The number of terminal acetylenes is 1. The number of carbonyl (C=O) groups is 1. The largest absolute Gasteiger partial charge is 0.477 e. The highest BCUT2D eigenvalue weighted by molar-refractivity contribution is 7.92. The summed E-state index contributed by atoms with van der Waals surface area (Å²) in [5, 5.41) is 9.10. The van der Waals surface area contributed by atoms with Crippen LogP contribution in [0.15, 0.2) is 35.2 Å². The van der Waals surface area contributed by atoms with Crippen LogP contribution >= 0.6 is 11.3 Å². The Morgan fingerprint density at radius 3 is 2.62 bits per heavy atom. The topological polar surface area (TPSA) is 83.5 Å². The van der Waals surface area contributed by atoms with Crippen molar-refractivity contribution < 1.29 is 18.3 Å². The molecule has 0 aliphatic carbocycles. The lowest BCUT2D eigenvalue weighted by atomic mass is 10.2. The second kappa shape index (κ2) is 5.60.